The molecule has 5 rings (SSSR count). The molecule has 0 radical (unpaired) electrons. The van der Waals surface area contributed by atoms with Crippen LogP contribution in [0.3, 0.4) is 0 Å². The molecular weight excluding hydrogens is 364 g/mol. The Labute approximate surface area is 167 Å². The fraction of sp³-hybridized carbons (Fsp3) is 0.304. The number of benzene rings is 2. The van der Waals surface area contributed by atoms with E-state index in [1.54, 1.807) is 0 Å². The SMILES string of the molecule is [N-]=[N+]=NC(=O)C1c2ccccc2-c2c(C3CCCCC3)c3ccc(C=O)cc3n21. The summed E-state index contributed by atoms with van der Waals surface area (Å²) in [4.78, 5) is 27.0. The predicted octanol–water partition coefficient (Wildman–Crippen LogP) is 5.91. The van der Waals surface area contributed by atoms with Crippen molar-refractivity contribution in [3.05, 3.63) is 69.6 Å². The highest BCUT2D eigenvalue weighted by Gasteiger charge is 2.38. The van der Waals surface area contributed by atoms with Gasteiger partial charge in [-0.3, -0.25) is 9.59 Å². The van der Waals surface area contributed by atoms with Crippen molar-refractivity contribution in [2.75, 3.05) is 0 Å². The number of azide groups is 1. The number of rotatable bonds is 3. The van der Waals surface area contributed by atoms with Gasteiger partial charge in [0, 0.05) is 21.4 Å². The number of hydrogen-bond acceptors (Lipinski definition) is 2. The number of carbonyl (C=O) groups excluding carboxylic acids is 2. The zero-order valence-corrected chi connectivity index (χ0v) is 15.9. The highest BCUT2D eigenvalue weighted by atomic mass is 16.2. The van der Waals surface area contributed by atoms with Crippen molar-refractivity contribution >= 4 is 23.1 Å². The van der Waals surface area contributed by atoms with Gasteiger partial charge in [0.25, 0.3) is 0 Å². The minimum absolute atomic E-state index is 0.422. The second-order valence-corrected chi connectivity index (χ2v) is 7.88. The van der Waals surface area contributed by atoms with Crippen molar-refractivity contribution < 1.29 is 9.59 Å². The number of aromatic nitrogens is 1. The third kappa shape index (κ3) is 2.60. The smallest absolute Gasteiger partial charge is 0.246 e. The monoisotopic (exact) mass is 384 g/mol. The molecule has 0 N–H and O–H groups in total. The van der Waals surface area contributed by atoms with Crippen LogP contribution < -0.4 is 0 Å². The number of hydrogen-bond donors (Lipinski definition) is 0. The highest BCUT2D eigenvalue weighted by molar-refractivity contribution is 6.01. The lowest BCUT2D eigenvalue weighted by Gasteiger charge is -2.23. The van der Waals surface area contributed by atoms with Gasteiger partial charge in [0.1, 0.15) is 12.3 Å². The molecule has 0 spiro atoms. The topological polar surface area (TPSA) is 87.8 Å². The molecule has 1 aliphatic heterocycles. The van der Waals surface area contributed by atoms with Crippen LogP contribution >= 0.6 is 0 Å². The Morgan fingerprint density at radius 3 is 2.69 bits per heavy atom. The Morgan fingerprint density at radius 2 is 1.93 bits per heavy atom. The van der Waals surface area contributed by atoms with Crippen LogP contribution in [0.25, 0.3) is 32.6 Å². The molecule has 0 saturated heterocycles. The summed E-state index contributed by atoms with van der Waals surface area (Å²) in [5.74, 6) is -0.103. The van der Waals surface area contributed by atoms with E-state index >= 15 is 0 Å². The summed E-state index contributed by atoms with van der Waals surface area (Å²) in [6.45, 7) is 0. The van der Waals surface area contributed by atoms with Crippen molar-refractivity contribution in [1.29, 1.82) is 0 Å². The van der Waals surface area contributed by atoms with Crippen molar-refractivity contribution in [3.8, 4) is 11.3 Å². The van der Waals surface area contributed by atoms with Crippen LogP contribution in [0.1, 0.15) is 65.5 Å². The first-order chi connectivity index (χ1) is 14.2. The van der Waals surface area contributed by atoms with E-state index in [1.165, 1.54) is 24.8 Å². The summed E-state index contributed by atoms with van der Waals surface area (Å²) in [6.07, 6.45) is 6.73. The average molecular weight is 384 g/mol. The molecule has 1 saturated carbocycles. The van der Waals surface area contributed by atoms with Crippen LogP contribution in [0, 0.1) is 0 Å². The van der Waals surface area contributed by atoms with Crippen molar-refractivity contribution in [2.45, 2.75) is 44.1 Å². The molecule has 3 aromatic rings. The van der Waals surface area contributed by atoms with Gasteiger partial charge in [-0.2, -0.15) is 0 Å². The van der Waals surface area contributed by atoms with E-state index in [0.29, 0.717) is 11.5 Å². The lowest BCUT2D eigenvalue weighted by atomic mass is 9.81. The van der Waals surface area contributed by atoms with Gasteiger partial charge in [-0.1, -0.05) is 55.7 Å². The summed E-state index contributed by atoms with van der Waals surface area (Å²) >= 11 is 0. The fourth-order valence-corrected chi connectivity index (χ4v) is 5.21. The lowest BCUT2D eigenvalue weighted by Crippen LogP contribution is -2.15. The Balaban J connectivity index is 1.87. The molecule has 2 aromatic carbocycles. The fourth-order valence-electron chi connectivity index (χ4n) is 5.21. The highest BCUT2D eigenvalue weighted by Crippen LogP contribution is 2.51. The van der Waals surface area contributed by atoms with E-state index in [1.807, 2.05) is 47.0 Å². The van der Waals surface area contributed by atoms with E-state index in [2.05, 4.69) is 10.0 Å². The van der Waals surface area contributed by atoms with Crippen LogP contribution in [-0.2, 0) is 4.79 Å². The molecule has 6 nitrogen and oxygen atoms in total. The molecular formula is C23H20N4O2. The Bertz CT molecular complexity index is 1200. The van der Waals surface area contributed by atoms with Crippen LogP contribution in [0.2, 0.25) is 0 Å². The minimum atomic E-state index is -0.696. The first-order valence-corrected chi connectivity index (χ1v) is 10.1. The maximum absolute atomic E-state index is 12.8. The van der Waals surface area contributed by atoms with Gasteiger partial charge < -0.3 is 4.57 Å². The maximum Gasteiger partial charge on any atom is 0.246 e. The molecule has 29 heavy (non-hydrogen) atoms. The van der Waals surface area contributed by atoms with Crippen molar-refractivity contribution in [2.24, 2.45) is 5.11 Å². The van der Waals surface area contributed by atoms with Gasteiger partial charge in [0.15, 0.2) is 0 Å². The van der Waals surface area contributed by atoms with Crippen molar-refractivity contribution in [1.82, 2.24) is 4.57 Å². The maximum atomic E-state index is 12.8. The number of amides is 1. The molecule has 0 bridgehead atoms. The molecule has 1 amide bonds. The summed E-state index contributed by atoms with van der Waals surface area (Å²) in [7, 11) is 0. The predicted molar refractivity (Wildman–Crippen MR) is 111 cm³/mol. The number of fused-ring (bicyclic) bond motifs is 5. The molecule has 1 unspecified atom stereocenters. The van der Waals surface area contributed by atoms with E-state index in [4.69, 9.17) is 5.53 Å². The molecule has 2 heterocycles. The zero-order chi connectivity index (χ0) is 20.0. The lowest BCUT2D eigenvalue weighted by molar-refractivity contribution is -0.119. The standard InChI is InChI=1S/C23H20N4O2/c24-26-25-23(29)22-17-9-5-4-8-16(17)21-20(15-6-2-1-3-7-15)18-11-10-14(13-28)12-19(18)27(21)22/h4-5,8-13,15,22H,1-3,6-7H2. The Morgan fingerprint density at radius 1 is 1.14 bits per heavy atom. The normalized spacial score (nSPS) is 18.1. The molecule has 1 aromatic heterocycles. The molecule has 1 atom stereocenters. The molecule has 1 aliphatic carbocycles. The number of carbonyl (C=O) groups is 2. The van der Waals surface area contributed by atoms with E-state index in [-0.39, 0.29) is 0 Å². The first kappa shape index (κ1) is 17.7. The molecule has 2 aliphatic rings. The minimum Gasteiger partial charge on any atom is -0.325 e. The van der Waals surface area contributed by atoms with Crippen molar-refractivity contribution in [3.63, 3.8) is 0 Å². The third-order valence-corrected chi connectivity index (χ3v) is 6.36. The Kier molecular flexibility index (Phi) is 4.22. The number of nitrogens with zero attached hydrogens (tertiary/aromatic N) is 4. The van der Waals surface area contributed by atoms with Gasteiger partial charge in [-0.15, -0.1) is 0 Å². The van der Waals surface area contributed by atoms with Crippen LogP contribution in [0.4, 0.5) is 0 Å². The third-order valence-electron chi connectivity index (χ3n) is 6.36. The van der Waals surface area contributed by atoms with Gasteiger partial charge in [0.2, 0.25) is 5.91 Å². The van der Waals surface area contributed by atoms with Gasteiger partial charge in [-0.05, 0) is 46.6 Å². The van der Waals surface area contributed by atoms with Crippen LogP contribution in [-0.4, -0.2) is 16.8 Å². The van der Waals surface area contributed by atoms with Crippen LogP contribution in [0.5, 0.6) is 0 Å². The van der Waals surface area contributed by atoms with E-state index in [0.717, 1.165) is 46.9 Å². The van der Waals surface area contributed by atoms with Crippen LogP contribution in [0.15, 0.2) is 47.6 Å². The van der Waals surface area contributed by atoms with E-state index in [9.17, 15) is 9.59 Å². The second-order valence-electron chi connectivity index (χ2n) is 7.88. The molecule has 1 fully saturated rings. The quantitative estimate of drug-likeness (QED) is 0.243. The summed E-state index contributed by atoms with van der Waals surface area (Å²) < 4.78 is 1.99. The summed E-state index contributed by atoms with van der Waals surface area (Å²) in [5, 5.41) is 4.52. The largest absolute Gasteiger partial charge is 0.325 e. The van der Waals surface area contributed by atoms with E-state index < -0.39 is 11.9 Å². The number of aldehydes is 1. The first-order valence-electron chi connectivity index (χ1n) is 10.1. The summed E-state index contributed by atoms with van der Waals surface area (Å²) in [5.41, 5.74) is 14.5. The average Bonchev–Trinajstić information content (AvgIpc) is 3.26. The Hall–Kier alpha value is -3.37. The van der Waals surface area contributed by atoms with Gasteiger partial charge in [0.05, 0.1) is 11.2 Å². The summed E-state index contributed by atoms with van der Waals surface area (Å²) in [6, 6.07) is 12.8. The molecule has 144 valence electrons. The van der Waals surface area contributed by atoms with Gasteiger partial charge >= 0.3 is 0 Å². The second kappa shape index (κ2) is 6.90. The van der Waals surface area contributed by atoms with Gasteiger partial charge in [-0.25, -0.2) is 0 Å². The zero-order valence-electron chi connectivity index (χ0n) is 15.9. The molecule has 6 heteroatoms.